The maximum Gasteiger partial charge on any atom is 0.400 e. The van der Waals surface area contributed by atoms with Gasteiger partial charge in [-0.1, -0.05) is 0 Å². The van der Waals surface area contributed by atoms with Crippen molar-refractivity contribution in [2.45, 2.75) is 63.7 Å². The van der Waals surface area contributed by atoms with Crippen LogP contribution in [0.3, 0.4) is 0 Å². The average molecular weight is 350 g/mol. The molecular formula is C12H21F3O6S. The van der Waals surface area contributed by atoms with Gasteiger partial charge < -0.3 is 9.47 Å². The summed E-state index contributed by atoms with van der Waals surface area (Å²) in [6.07, 6.45) is -4.10. The van der Waals surface area contributed by atoms with Gasteiger partial charge in [-0.25, -0.2) is 4.39 Å². The van der Waals surface area contributed by atoms with E-state index in [0.717, 1.165) is 0 Å². The molecule has 0 bridgehead atoms. The topological polar surface area (TPSA) is 89.9 Å². The summed E-state index contributed by atoms with van der Waals surface area (Å²) in [5.74, 6) is -0.581. The molecule has 1 N–H and O–H groups in total. The molecule has 6 nitrogen and oxygen atoms in total. The molecule has 0 aromatic rings. The van der Waals surface area contributed by atoms with Crippen LogP contribution in [0.25, 0.3) is 0 Å². The van der Waals surface area contributed by atoms with E-state index in [1.165, 1.54) is 34.6 Å². The lowest BCUT2D eigenvalue weighted by molar-refractivity contribution is -0.191. The summed E-state index contributed by atoms with van der Waals surface area (Å²) in [5.41, 5.74) is -2.28. The molecule has 0 heterocycles. The van der Waals surface area contributed by atoms with Crippen LogP contribution in [0, 0.1) is 0 Å². The smallest absolute Gasteiger partial charge is 0.400 e. The Bertz CT molecular complexity index is 501. The molecule has 0 spiro atoms. The maximum atomic E-state index is 13.3. The molecule has 1 atom stereocenters. The predicted molar refractivity (Wildman–Crippen MR) is 71.9 cm³/mol. The molecule has 10 heteroatoms. The molecule has 0 aliphatic carbocycles. The van der Waals surface area contributed by atoms with Gasteiger partial charge in [0.15, 0.2) is 6.17 Å². The summed E-state index contributed by atoms with van der Waals surface area (Å²) in [7, 11) is -5.85. The average Bonchev–Trinajstić information content (AvgIpc) is 2.24. The Morgan fingerprint density at radius 1 is 1.18 bits per heavy atom. The first-order chi connectivity index (χ1) is 9.54. The standard InChI is InChI=1S/C12H21F3O6S/c1-8(16)21-11(4,5)10(2,3)20-7-6-9(13)12(14,15)22(17,18)19/h9H,6-7H2,1-5H3,(H,17,18,19). The normalized spacial score (nSPS) is 15.5. The van der Waals surface area contributed by atoms with E-state index < -0.39 is 51.7 Å². The molecule has 0 aliphatic heterocycles. The van der Waals surface area contributed by atoms with Gasteiger partial charge in [-0.3, -0.25) is 9.35 Å². The Morgan fingerprint density at radius 3 is 2.00 bits per heavy atom. The summed E-state index contributed by atoms with van der Waals surface area (Å²) in [6, 6.07) is 0. The summed E-state index contributed by atoms with van der Waals surface area (Å²) in [4.78, 5) is 11.0. The Hall–Kier alpha value is -0.870. The van der Waals surface area contributed by atoms with Crippen molar-refractivity contribution in [1.29, 1.82) is 0 Å². The van der Waals surface area contributed by atoms with E-state index in [9.17, 15) is 26.4 Å². The highest BCUT2D eigenvalue weighted by molar-refractivity contribution is 7.86. The second-order valence-electron chi connectivity index (χ2n) is 5.76. The fraction of sp³-hybridized carbons (Fsp3) is 0.917. The van der Waals surface area contributed by atoms with E-state index in [-0.39, 0.29) is 0 Å². The second kappa shape index (κ2) is 6.71. The zero-order valence-corrected chi connectivity index (χ0v) is 13.8. The van der Waals surface area contributed by atoms with Crippen molar-refractivity contribution < 1.29 is 40.4 Å². The zero-order valence-electron chi connectivity index (χ0n) is 13.0. The highest BCUT2D eigenvalue weighted by Gasteiger charge is 2.52. The van der Waals surface area contributed by atoms with Gasteiger partial charge in [-0.2, -0.15) is 17.2 Å². The van der Waals surface area contributed by atoms with Crippen LogP contribution in [0.15, 0.2) is 0 Å². The first-order valence-electron chi connectivity index (χ1n) is 6.37. The lowest BCUT2D eigenvalue weighted by Crippen LogP contribution is -2.50. The monoisotopic (exact) mass is 350 g/mol. The van der Waals surface area contributed by atoms with E-state index in [4.69, 9.17) is 14.0 Å². The Balaban J connectivity index is 4.73. The third-order valence-corrected chi connectivity index (χ3v) is 4.34. The molecule has 0 radical (unpaired) electrons. The van der Waals surface area contributed by atoms with Crippen LogP contribution >= 0.6 is 0 Å². The zero-order chi connectivity index (χ0) is 18.0. The number of ether oxygens (including phenoxy) is 2. The largest absolute Gasteiger partial charge is 0.457 e. The highest BCUT2D eigenvalue weighted by Crippen LogP contribution is 2.32. The van der Waals surface area contributed by atoms with Gasteiger partial charge in [0.05, 0.1) is 6.61 Å². The number of hydrogen-bond acceptors (Lipinski definition) is 5. The van der Waals surface area contributed by atoms with Crippen molar-refractivity contribution in [1.82, 2.24) is 0 Å². The van der Waals surface area contributed by atoms with E-state index in [1.807, 2.05) is 0 Å². The van der Waals surface area contributed by atoms with Crippen LogP contribution in [0.2, 0.25) is 0 Å². The summed E-state index contributed by atoms with van der Waals surface area (Å²) in [5, 5.41) is -4.91. The van der Waals surface area contributed by atoms with Crippen molar-refractivity contribution in [3.05, 3.63) is 0 Å². The molecule has 1 unspecified atom stereocenters. The number of esters is 1. The van der Waals surface area contributed by atoms with E-state index in [2.05, 4.69) is 0 Å². The molecule has 0 saturated heterocycles. The minimum Gasteiger partial charge on any atom is -0.457 e. The van der Waals surface area contributed by atoms with Gasteiger partial charge in [0.2, 0.25) is 0 Å². The van der Waals surface area contributed by atoms with E-state index in [1.54, 1.807) is 0 Å². The Labute approximate surface area is 127 Å². The van der Waals surface area contributed by atoms with Crippen LogP contribution in [-0.4, -0.2) is 48.2 Å². The molecule has 0 saturated carbocycles. The molecule has 132 valence electrons. The van der Waals surface area contributed by atoms with Crippen LogP contribution in [-0.2, 0) is 24.4 Å². The van der Waals surface area contributed by atoms with Gasteiger partial charge in [0.25, 0.3) is 0 Å². The highest BCUT2D eigenvalue weighted by atomic mass is 32.2. The second-order valence-corrected chi connectivity index (χ2v) is 7.25. The molecule has 0 amide bonds. The van der Waals surface area contributed by atoms with Crippen molar-refractivity contribution >= 4 is 16.1 Å². The quantitative estimate of drug-likeness (QED) is 0.534. The minimum atomic E-state index is -5.85. The maximum absolute atomic E-state index is 13.3. The third kappa shape index (κ3) is 5.10. The first-order valence-corrected chi connectivity index (χ1v) is 7.81. The summed E-state index contributed by atoms with van der Waals surface area (Å²) < 4.78 is 78.7. The van der Waals surface area contributed by atoms with Crippen LogP contribution < -0.4 is 0 Å². The fourth-order valence-corrected chi connectivity index (χ4v) is 1.84. The molecule has 0 aromatic carbocycles. The van der Waals surface area contributed by atoms with Crippen molar-refractivity contribution in [3.8, 4) is 0 Å². The molecule has 0 aromatic heterocycles. The van der Waals surface area contributed by atoms with Gasteiger partial charge in [0.1, 0.15) is 11.2 Å². The number of hydrogen-bond donors (Lipinski definition) is 1. The lowest BCUT2D eigenvalue weighted by Gasteiger charge is -2.40. The van der Waals surface area contributed by atoms with Crippen LogP contribution in [0.4, 0.5) is 13.2 Å². The first kappa shape index (κ1) is 21.1. The predicted octanol–water partition coefficient (Wildman–Crippen LogP) is 2.33. The number of carbonyl (C=O) groups excluding carboxylic acids is 1. The third-order valence-electron chi connectivity index (χ3n) is 3.39. The molecule has 22 heavy (non-hydrogen) atoms. The van der Waals surface area contributed by atoms with Crippen molar-refractivity contribution in [2.75, 3.05) is 6.61 Å². The van der Waals surface area contributed by atoms with Gasteiger partial charge in [0, 0.05) is 13.3 Å². The minimum absolute atomic E-state index is 0.566. The van der Waals surface area contributed by atoms with Gasteiger partial charge >= 0.3 is 21.3 Å². The van der Waals surface area contributed by atoms with E-state index in [0.29, 0.717) is 0 Å². The number of carbonyl (C=O) groups is 1. The molecule has 0 fully saturated rings. The van der Waals surface area contributed by atoms with Gasteiger partial charge in [-0.15, -0.1) is 0 Å². The molecule has 0 aliphatic rings. The molecular weight excluding hydrogens is 329 g/mol. The number of alkyl halides is 3. The SMILES string of the molecule is CC(=O)OC(C)(C)C(C)(C)OCCC(F)C(F)(F)S(=O)(=O)O. The summed E-state index contributed by atoms with van der Waals surface area (Å²) in [6.45, 7) is 6.67. The number of halogens is 3. The van der Waals surface area contributed by atoms with Crippen LogP contribution in [0.1, 0.15) is 41.0 Å². The number of rotatable bonds is 8. The van der Waals surface area contributed by atoms with Crippen molar-refractivity contribution in [2.24, 2.45) is 0 Å². The van der Waals surface area contributed by atoms with Gasteiger partial charge in [-0.05, 0) is 27.7 Å². The lowest BCUT2D eigenvalue weighted by atomic mass is 9.89. The van der Waals surface area contributed by atoms with Crippen LogP contribution in [0.5, 0.6) is 0 Å². The molecule has 0 rings (SSSR count). The Kier molecular flexibility index (Phi) is 6.45. The Morgan fingerprint density at radius 2 is 1.64 bits per heavy atom. The van der Waals surface area contributed by atoms with E-state index >= 15 is 0 Å². The fourth-order valence-electron chi connectivity index (χ4n) is 1.40. The summed E-state index contributed by atoms with van der Waals surface area (Å²) >= 11 is 0. The van der Waals surface area contributed by atoms with Crippen molar-refractivity contribution in [3.63, 3.8) is 0 Å².